The van der Waals surface area contributed by atoms with Gasteiger partial charge in [-0.1, -0.05) is 24.3 Å². The number of fused-ring (bicyclic) bond motifs is 1. The Morgan fingerprint density at radius 2 is 1.95 bits per heavy atom. The van der Waals surface area contributed by atoms with Crippen molar-refractivity contribution in [3.05, 3.63) is 64.9 Å². The maximum absolute atomic E-state index is 13.2. The van der Waals surface area contributed by atoms with Gasteiger partial charge in [0.15, 0.2) is 0 Å². The maximum atomic E-state index is 13.2. The van der Waals surface area contributed by atoms with E-state index in [2.05, 4.69) is 4.98 Å². The Bertz CT molecular complexity index is 733. The lowest BCUT2D eigenvalue weighted by Gasteiger charge is -2.22. The molecule has 0 aliphatic rings. The zero-order valence-corrected chi connectivity index (χ0v) is 12.5. The van der Waals surface area contributed by atoms with Crippen LogP contribution in [0.1, 0.15) is 17.5 Å². The third-order valence-electron chi connectivity index (χ3n) is 3.34. The lowest BCUT2D eigenvalue weighted by Crippen LogP contribution is -2.30. The van der Waals surface area contributed by atoms with E-state index >= 15 is 0 Å². The van der Waals surface area contributed by atoms with E-state index in [0.717, 1.165) is 20.8 Å². The van der Waals surface area contributed by atoms with Gasteiger partial charge in [0, 0.05) is 12.8 Å². The number of rotatable bonds is 4. The Kier molecular flexibility index (Phi) is 3.74. The Balaban J connectivity index is 1.78. The molecule has 2 nitrogen and oxygen atoms in total. The van der Waals surface area contributed by atoms with Crippen LogP contribution >= 0.6 is 11.3 Å². The second-order valence-corrected chi connectivity index (χ2v) is 6.67. The van der Waals surface area contributed by atoms with Crippen molar-refractivity contribution in [2.45, 2.75) is 25.4 Å². The number of hydrogen-bond donors (Lipinski definition) is 1. The molecule has 2 aromatic carbocycles. The van der Waals surface area contributed by atoms with E-state index in [-0.39, 0.29) is 5.82 Å². The second-order valence-electron chi connectivity index (χ2n) is 5.56. The standard InChI is InChI=1S/C17H16FNOS/c1-17(20,10-12-5-4-6-13(18)9-12)11-16-19-14-7-2-3-8-15(14)21-16/h2-9,20H,10-11H2,1H3. The molecule has 4 heteroatoms. The summed E-state index contributed by atoms with van der Waals surface area (Å²) in [5.74, 6) is -0.275. The molecule has 0 bridgehead atoms. The highest BCUT2D eigenvalue weighted by atomic mass is 32.1. The van der Waals surface area contributed by atoms with E-state index in [1.54, 1.807) is 24.3 Å². The molecule has 0 radical (unpaired) electrons. The normalized spacial score (nSPS) is 14.2. The summed E-state index contributed by atoms with van der Waals surface area (Å²) < 4.78 is 14.3. The van der Waals surface area contributed by atoms with Crippen molar-refractivity contribution < 1.29 is 9.50 Å². The molecule has 3 rings (SSSR count). The molecule has 0 saturated carbocycles. The molecule has 0 amide bonds. The van der Waals surface area contributed by atoms with Gasteiger partial charge < -0.3 is 5.11 Å². The van der Waals surface area contributed by atoms with E-state index < -0.39 is 5.60 Å². The van der Waals surface area contributed by atoms with Gasteiger partial charge in [-0.25, -0.2) is 9.37 Å². The van der Waals surface area contributed by atoms with Crippen LogP contribution in [0, 0.1) is 5.82 Å². The van der Waals surface area contributed by atoms with E-state index in [1.807, 2.05) is 30.3 Å². The van der Waals surface area contributed by atoms with Crippen LogP contribution in [0.15, 0.2) is 48.5 Å². The molecule has 1 atom stereocenters. The molecule has 1 unspecified atom stereocenters. The minimum absolute atomic E-state index is 0.275. The molecule has 0 fully saturated rings. The van der Waals surface area contributed by atoms with Crippen LogP contribution in [-0.4, -0.2) is 15.7 Å². The summed E-state index contributed by atoms with van der Waals surface area (Å²) in [7, 11) is 0. The third kappa shape index (κ3) is 3.46. The summed E-state index contributed by atoms with van der Waals surface area (Å²) in [4.78, 5) is 4.54. The molecule has 0 aliphatic heterocycles. The highest BCUT2D eigenvalue weighted by Crippen LogP contribution is 2.26. The summed E-state index contributed by atoms with van der Waals surface area (Å²) in [6.45, 7) is 1.77. The molecule has 0 spiro atoms. The Morgan fingerprint density at radius 3 is 2.71 bits per heavy atom. The first-order valence-corrected chi connectivity index (χ1v) is 7.65. The first kappa shape index (κ1) is 14.2. The van der Waals surface area contributed by atoms with Gasteiger partial charge in [-0.05, 0) is 36.8 Å². The average molecular weight is 301 g/mol. The molecule has 1 N–H and O–H groups in total. The fourth-order valence-electron chi connectivity index (χ4n) is 2.47. The van der Waals surface area contributed by atoms with Crippen molar-refractivity contribution in [3.63, 3.8) is 0 Å². The predicted octanol–water partition coefficient (Wildman–Crippen LogP) is 3.97. The predicted molar refractivity (Wildman–Crippen MR) is 84.1 cm³/mol. The summed E-state index contributed by atoms with van der Waals surface area (Å²) in [5, 5.41) is 11.5. The first-order chi connectivity index (χ1) is 10.0. The lowest BCUT2D eigenvalue weighted by molar-refractivity contribution is 0.0608. The third-order valence-corrected chi connectivity index (χ3v) is 4.38. The fourth-order valence-corrected chi connectivity index (χ4v) is 3.62. The summed E-state index contributed by atoms with van der Waals surface area (Å²) >= 11 is 1.59. The molecular formula is C17H16FNOS. The zero-order valence-electron chi connectivity index (χ0n) is 11.7. The number of aromatic nitrogens is 1. The lowest BCUT2D eigenvalue weighted by atomic mass is 9.93. The summed E-state index contributed by atoms with van der Waals surface area (Å²) in [6, 6.07) is 14.3. The molecule has 1 heterocycles. The van der Waals surface area contributed by atoms with Gasteiger partial charge in [-0.3, -0.25) is 0 Å². The van der Waals surface area contributed by atoms with Gasteiger partial charge in [-0.2, -0.15) is 0 Å². The average Bonchev–Trinajstić information content (AvgIpc) is 2.79. The topological polar surface area (TPSA) is 33.1 Å². The minimum Gasteiger partial charge on any atom is -0.389 e. The number of aliphatic hydroxyl groups is 1. The van der Waals surface area contributed by atoms with Crippen molar-refractivity contribution in [2.75, 3.05) is 0 Å². The molecule has 21 heavy (non-hydrogen) atoms. The van der Waals surface area contributed by atoms with Crippen LogP contribution in [-0.2, 0) is 12.8 Å². The van der Waals surface area contributed by atoms with E-state index in [4.69, 9.17) is 0 Å². The van der Waals surface area contributed by atoms with E-state index in [1.165, 1.54) is 12.1 Å². The van der Waals surface area contributed by atoms with Crippen LogP contribution in [0.3, 0.4) is 0 Å². The number of hydrogen-bond acceptors (Lipinski definition) is 3. The number of thiazole rings is 1. The molecule has 108 valence electrons. The van der Waals surface area contributed by atoms with Gasteiger partial charge in [0.1, 0.15) is 5.82 Å². The Morgan fingerprint density at radius 1 is 1.14 bits per heavy atom. The Labute approximate surface area is 126 Å². The van der Waals surface area contributed by atoms with Crippen LogP contribution in [0.25, 0.3) is 10.2 Å². The fraction of sp³-hybridized carbons (Fsp3) is 0.235. The first-order valence-electron chi connectivity index (χ1n) is 6.83. The highest BCUT2D eigenvalue weighted by Gasteiger charge is 2.23. The quantitative estimate of drug-likeness (QED) is 0.791. The van der Waals surface area contributed by atoms with Gasteiger partial charge >= 0.3 is 0 Å². The minimum atomic E-state index is -0.943. The molecular weight excluding hydrogens is 285 g/mol. The van der Waals surface area contributed by atoms with Crippen molar-refractivity contribution >= 4 is 21.6 Å². The van der Waals surface area contributed by atoms with Crippen LogP contribution in [0.4, 0.5) is 4.39 Å². The number of nitrogens with zero attached hydrogens (tertiary/aromatic N) is 1. The molecule has 0 saturated heterocycles. The molecule has 3 aromatic rings. The van der Waals surface area contributed by atoms with Crippen LogP contribution in [0.5, 0.6) is 0 Å². The monoisotopic (exact) mass is 301 g/mol. The van der Waals surface area contributed by atoms with Crippen molar-refractivity contribution in [3.8, 4) is 0 Å². The molecule has 1 aromatic heterocycles. The van der Waals surface area contributed by atoms with Crippen LogP contribution in [0.2, 0.25) is 0 Å². The SMILES string of the molecule is CC(O)(Cc1cccc(F)c1)Cc1nc2ccccc2s1. The van der Waals surface area contributed by atoms with E-state index in [0.29, 0.717) is 12.8 Å². The van der Waals surface area contributed by atoms with Gasteiger partial charge in [0.05, 0.1) is 20.8 Å². The number of para-hydroxylation sites is 1. The second kappa shape index (κ2) is 5.54. The molecule has 0 aliphatic carbocycles. The number of halogens is 1. The Hall–Kier alpha value is -1.78. The largest absolute Gasteiger partial charge is 0.389 e. The van der Waals surface area contributed by atoms with Gasteiger partial charge in [-0.15, -0.1) is 11.3 Å². The summed E-state index contributed by atoms with van der Waals surface area (Å²) in [6.07, 6.45) is 0.865. The number of benzene rings is 2. The summed E-state index contributed by atoms with van der Waals surface area (Å²) in [5.41, 5.74) is 0.807. The van der Waals surface area contributed by atoms with Gasteiger partial charge in [0.2, 0.25) is 0 Å². The van der Waals surface area contributed by atoms with Gasteiger partial charge in [0.25, 0.3) is 0 Å². The van der Waals surface area contributed by atoms with Crippen molar-refractivity contribution in [1.82, 2.24) is 4.98 Å². The van der Waals surface area contributed by atoms with Crippen molar-refractivity contribution in [2.24, 2.45) is 0 Å². The van der Waals surface area contributed by atoms with E-state index in [9.17, 15) is 9.50 Å². The van der Waals surface area contributed by atoms with Crippen molar-refractivity contribution in [1.29, 1.82) is 0 Å². The zero-order chi connectivity index (χ0) is 14.9. The smallest absolute Gasteiger partial charge is 0.123 e. The highest BCUT2D eigenvalue weighted by molar-refractivity contribution is 7.18. The maximum Gasteiger partial charge on any atom is 0.123 e. The van der Waals surface area contributed by atoms with Crippen LogP contribution < -0.4 is 0 Å².